The third-order valence-electron chi connectivity index (χ3n) is 3.27. The van der Waals surface area contributed by atoms with Crippen molar-refractivity contribution in [3.05, 3.63) is 54.1 Å². The fraction of sp³-hybridized carbons (Fsp3) is 0.222. The van der Waals surface area contributed by atoms with E-state index in [1.165, 1.54) is 25.1 Å². The lowest BCUT2D eigenvalue weighted by Crippen LogP contribution is -2.23. The highest BCUT2D eigenvalue weighted by Gasteiger charge is 2.28. The first-order valence-corrected chi connectivity index (χ1v) is 7.68. The Hall–Kier alpha value is -3.03. The number of nitrogens with one attached hydrogen (secondary N) is 2. The van der Waals surface area contributed by atoms with E-state index in [4.69, 9.17) is 4.74 Å². The molecule has 2 N–H and O–H groups in total. The molecule has 2 rings (SSSR count). The van der Waals surface area contributed by atoms with Crippen molar-refractivity contribution in [2.24, 2.45) is 0 Å². The molecule has 2 aromatic carbocycles. The van der Waals surface area contributed by atoms with Crippen molar-refractivity contribution in [2.45, 2.75) is 13.1 Å². The first-order valence-electron chi connectivity index (χ1n) is 7.68. The third kappa shape index (κ3) is 6.12. The van der Waals surface area contributed by atoms with Gasteiger partial charge in [-0.1, -0.05) is 24.3 Å². The molecule has 0 spiro atoms. The molecule has 0 aliphatic heterocycles. The summed E-state index contributed by atoms with van der Waals surface area (Å²) in [4.78, 5) is 23.4. The SMILES string of the molecule is CC(=O)c1cccc(NC(=O)CNc2ccccc2OCC(F)(F)F)c1. The molecule has 0 aliphatic carbocycles. The number of Topliss-reactive ketones (excluding diaryl/α,β-unsaturated/α-hetero) is 1. The van der Waals surface area contributed by atoms with Gasteiger partial charge in [-0.05, 0) is 31.2 Å². The van der Waals surface area contributed by atoms with Gasteiger partial charge in [0.15, 0.2) is 12.4 Å². The maximum absolute atomic E-state index is 12.3. The van der Waals surface area contributed by atoms with E-state index in [1.54, 1.807) is 30.3 Å². The first-order chi connectivity index (χ1) is 12.2. The Morgan fingerprint density at radius 3 is 2.50 bits per heavy atom. The van der Waals surface area contributed by atoms with E-state index in [1.807, 2.05) is 0 Å². The van der Waals surface area contributed by atoms with E-state index in [-0.39, 0.29) is 23.8 Å². The van der Waals surface area contributed by atoms with Crippen LogP contribution in [0.1, 0.15) is 17.3 Å². The van der Waals surface area contributed by atoms with Gasteiger partial charge in [0, 0.05) is 11.3 Å². The van der Waals surface area contributed by atoms with Crippen molar-refractivity contribution in [2.75, 3.05) is 23.8 Å². The largest absolute Gasteiger partial charge is 0.482 e. The molecule has 2 aromatic rings. The van der Waals surface area contributed by atoms with Crippen molar-refractivity contribution >= 4 is 23.1 Å². The molecule has 0 saturated carbocycles. The number of rotatable bonds is 7. The summed E-state index contributed by atoms with van der Waals surface area (Å²) in [6.45, 7) is -0.188. The maximum atomic E-state index is 12.3. The number of anilines is 2. The maximum Gasteiger partial charge on any atom is 0.422 e. The van der Waals surface area contributed by atoms with Crippen LogP contribution in [0.15, 0.2) is 48.5 Å². The topological polar surface area (TPSA) is 67.4 Å². The minimum Gasteiger partial charge on any atom is -0.482 e. The number of ketones is 1. The second-order valence-electron chi connectivity index (χ2n) is 5.44. The monoisotopic (exact) mass is 366 g/mol. The molecule has 0 unspecified atom stereocenters. The normalized spacial score (nSPS) is 10.9. The summed E-state index contributed by atoms with van der Waals surface area (Å²) in [7, 11) is 0. The zero-order valence-electron chi connectivity index (χ0n) is 13.9. The number of amides is 1. The Kier molecular flexibility index (Phi) is 6.21. The van der Waals surface area contributed by atoms with Crippen molar-refractivity contribution in [3.63, 3.8) is 0 Å². The number of carbonyl (C=O) groups excluding carboxylic acids is 2. The van der Waals surface area contributed by atoms with E-state index in [0.29, 0.717) is 11.3 Å². The number of hydrogen-bond acceptors (Lipinski definition) is 4. The predicted octanol–water partition coefficient (Wildman–Crippen LogP) is 3.88. The van der Waals surface area contributed by atoms with Gasteiger partial charge in [-0.3, -0.25) is 9.59 Å². The van der Waals surface area contributed by atoms with Crippen molar-refractivity contribution in [1.29, 1.82) is 0 Å². The lowest BCUT2D eigenvalue weighted by Gasteiger charge is -2.14. The lowest BCUT2D eigenvalue weighted by atomic mass is 10.1. The van der Waals surface area contributed by atoms with Gasteiger partial charge in [-0.2, -0.15) is 13.2 Å². The number of para-hydroxylation sites is 2. The predicted molar refractivity (Wildman–Crippen MR) is 91.6 cm³/mol. The summed E-state index contributed by atoms with van der Waals surface area (Å²) >= 11 is 0. The fourth-order valence-electron chi connectivity index (χ4n) is 2.09. The van der Waals surface area contributed by atoms with Crippen LogP contribution in [0.25, 0.3) is 0 Å². The number of hydrogen-bond donors (Lipinski definition) is 2. The van der Waals surface area contributed by atoms with E-state index >= 15 is 0 Å². The Balaban J connectivity index is 1.95. The Labute approximate surface area is 148 Å². The van der Waals surface area contributed by atoms with E-state index in [2.05, 4.69) is 10.6 Å². The molecule has 1 amide bonds. The second-order valence-corrected chi connectivity index (χ2v) is 5.44. The van der Waals surface area contributed by atoms with Crippen LogP contribution in [-0.4, -0.2) is 31.0 Å². The highest BCUT2D eigenvalue weighted by atomic mass is 19.4. The van der Waals surface area contributed by atoms with E-state index < -0.39 is 18.7 Å². The number of alkyl halides is 3. The van der Waals surface area contributed by atoms with Crippen LogP contribution in [0.4, 0.5) is 24.5 Å². The number of benzene rings is 2. The zero-order chi connectivity index (χ0) is 19.2. The van der Waals surface area contributed by atoms with Crippen LogP contribution >= 0.6 is 0 Å². The van der Waals surface area contributed by atoms with Gasteiger partial charge >= 0.3 is 6.18 Å². The number of ether oxygens (including phenoxy) is 1. The Morgan fingerprint density at radius 1 is 1.08 bits per heavy atom. The average molecular weight is 366 g/mol. The lowest BCUT2D eigenvalue weighted by molar-refractivity contribution is -0.153. The molecule has 8 heteroatoms. The van der Waals surface area contributed by atoms with Gasteiger partial charge in [0.1, 0.15) is 5.75 Å². The summed E-state index contributed by atoms with van der Waals surface area (Å²) in [5, 5.41) is 5.34. The molecule has 0 fully saturated rings. The van der Waals surface area contributed by atoms with Gasteiger partial charge in [0.2, 0.25) is 5.91 Å². The van der Waals surface area contributed by atoms with Crippen molar-refractivity contribution in [3.8, 4) is 5.75 Å². The van der Waals surface area contributed by atoms with Crippen molar-refractivity contribution < 1.29 is 27.5 Å². The minimum absolute atomic E-state index is 0.00352. The van der Waals surface area contributed by atoms with Crippen LogP contribution in [0, 0.1) is 0 Å². The smallest absolute Gasteiger partial charge is 0.422 e. The molecule has 0 aliphatic rings. The molecule has 0 bridgehead atoms. The molecule has 5 nitrogen and oxygen atoms in total. The average Bonchev–Trinajstić information content (AvgIpc) is 2.58. The molecule has 0 aromatic heterocycles. The van der Waals surface area contributed by atoms with Crippen LogP contribution in [0.5, 0.6) is 5.75 Å². The van der Waals surface area contributed by atoms with Crippen LogP contribution < -0.4 is 15.4 Å². The minimum atomic E-state index is -4.45. The Morgan fingerprint density at radius 2 is 1.81 bits per heavy atom. The van der Waals surface area contributed by atoms with E-state index in [0.717, 1.165) is 0 Å². The zero-order valence-corrected chi connectivity index (χ0v) is 13.9. The number of halogens is 3. The van der Waals surface area contributed by atoms with Gasteiger partial charge in [0.25, 0.3) is 0 Å². The second kappa shape index (κ2) is 8.37. The molecule has 0 saturated heterocycles. The molecule has 138 valence electrons. The quantitative estimate of drug-likeness (QED) is 0.730. The summed E-state index contributed by atoms with van der Waals surface area (Å²) in [6.07, 6.45) is -4.45. The van der Waals surface area contributed by atoms with Gasteiger partial charge in [-0.15, -0.1) is 0 Å². The third-order valence-corrected chi connectivity index (χ3v) is 3.27. The molecular weight excluding hydrogens is 349 g/mol. The van der Waals surface area contributed by atoms with E-state index in [9.17, 15) is 22.8 Å². The summed E-state index contributed by atoms with van der Waals surface area (Å²) in [5.74, 6) is -0.553. The Bertz CT molecular complexity index is 791. The highest BCUT2D eigenvalue weighted by molar-refractivity contribution is 5.98. The van der Waals surface area contributed by atoms with Gasteiger partial charge in [0.05, 0.1) is 12.2 Å². The first kappa shape index (κ1) is 19.3. The fourth-order valence-corrected chi connectivity index (χ4v) is 2.09. The molecule has 0 radical (unpaired) electrons. The van der Waals surface area contributed by atoms with Gasteiger partial charge < -0.3 is 15.4 Å². The summed E-state index contributed by atoms with van der Waals surface area (Å²) in [6, 6.07) is 12.5. The van der Waals surface area contributed by atoms with Gasteiger partial charge in [-0.25, -0.2) is 0 Å². The highest BCUT2D eigenvalue weighted by Crippen LogP contribution is 2.26. The molecule has 0 atom stereocenters. The van der Waals surface area contributed by atoms with Crippen molar-refractivity contribution in [1.82, 2.24) is 0 Å². The molecule has 0 heterocycles. The molecular formula is C18H17F3N2O3. The summed E-state index contributed by atoms with van der Waals surface area (Å²) < 4.78 is 41.6. The molecule has 26 heavy (non-hydrogen) atoms. The standard InChI is InChI=1S/C18H17F3N2O3/c1-12(24)13-5-4-6-14(9-13)23-17(25)10-22-15-7-2-3-8-16(15)26-11-18(19,20)21/h2-9,22H,10-11H2,1H3,(H,23,25). The van der Waals surface area contributed by atoms with Crippen LogP contribution in [0.3, 0.4) is 0 Å². The summed E-state index contributed by atoms with van der Waals surface area (Å²) in [5.41, 5.74) is 1.18. The van der Waals surface area contributed by atoms with Crippen LogP contribution in [0.2, 0.25) is 0 Å². The number of carbonyl (C=O) groups is 2. The van der Waals surface area contributed by atoms with Crippen LogP contribution in [-0.2, 0) is 4.79 Å².